The van der Waals surface area contributed by atoms with Gasteiger partial charge in [-0.1, -0.05) is 0 Å². The first-order valence-corrected chi connectivity index (χ1v) is 11.6. The first kappa shape index (κ1) is 20.8. The summed E-state index contributed by atoms with van der Waals surface area (Å²) in [6.45, 7) is 1.52. The molecule has 4 rings (SSSR count). The summed E-state index contributed by atoms with van der Waals surface area (Å²) < 4.78 is 49.7. The van der Waals surface area contributed by atoms with Gasteiger partial charge in [0.15, 0.2) is 0 Å². The maximum absolute atomic E-state index is 15.2. The topological polar surface area (TPSA) is 104 Å². The zero-order valence-corrected chi connectivity index (χ0v) is 17.6. The molecule has 1 aliphatic carbocycles. The lowest BCUT2D eigenvalue weighted by Gasteiger charge is -2.26. The molecule has 2 aromatic rings. The van der Waals surface area contributed by atoms with Crippen molar-refractivity contribution in [3.8, 4) is 5.75 Å². The molecule has 10 heteroatoms. The van der Waals surface area contributed by atoms with Crippen LogP contribution in [0.3, 0.4) is 0 Å². The molecular weight excluding hydrogens is 415 g/mol. The SMILES string of the molecule is COc1c(C2CCNCC2)c(F)cc2c(=O)c(C(=O)OS(C)(=O)=O)cn(C3CC3)c12. The normalized spacial score (nSPS) is 17.8. The first-order chi connectivity index (χ1) is 14.2. The van der Waals surface area contributed by atoms with Crippen molar-refractivity contribution in [2.24, 2.45) is 0 Å². The number of nitrogens with one attached hydrogen (secondary N) is 1. The molecule has 1 saturated heterocycles. The van der Waals surface area contributed by atoms with Crippen molar-refractivity contribution in [3.05, 3.63) is 39.4 Å². The summed E-state index contributed by atoms with van der Waals surface area (Å²) in [6, 6.07) is 1.14. The standard InChI is InChI=1S/C20H23FN2O6S/c1-28-19-16(11-5-7-22-8-6-11)15(21)9-13-17(19)23(12-3-4-12)10-14(18(13)24)20(25)29-30(2,26)27/h9-12,22H,3-8H2,1-2H3. The van der Waals surface area contributed by atoms with E-state index in [0.717, 1.165) is 51.1 Å². The van der Waals surface area contributed by atoms with Crippen molar-refractivity contribution in [2.45, 2.75) is 37.6 Å². The molecule has 2 heterocycles. The van der Waals surface area contributed by atoms with E-state index in [0.29, 0.717) is 16.8 Å². The summed E-state index contributed by atoms with van der Waals surface area (Å²) >= 11 is 0. The van der Waals surface area contributed by atoms with E-state index in [4.69, 9.17) is 4.74 Å². The summed E-state index contributed by atoms with van der Waals surface area (Å²) in [5.41, 5.74) is -0.372. The fourth-order valence-corrected chi connectivity index (χ4v) is 4.50. The molecule has 0 atom stereocenters. The van der Waals surface area contributed by atoms with Crippen LogP contribution in [0.15, 0.2) is 17.1 Å². The highest BCUT2D eigenvalue weighted by Crippen LogP contribution is 2.43. The van der Waals surface area contributed by atoms with Crippen LogP contribution in [0.2, 0.25) is 0 Å². The second-order valence-electron chi connectivity index (χ2n) is 7.81. The maximum atomic E-state index is 15.2. The minimum atomic E-state index is -4.10. The molecule has 1 saturated carbocycles. The van der Waals surface area contributed by atoms with Gasteiger partial charge in [0, 0.05) is 17.8 Å². The molecule has 2 fully saturated rings. The monoisotopic (exact) mass is 438 g/mol. The number of hydrogen-bond acceptors (Lipinski definition) is 7. The third-order valence-electron chi connectivity index (χ3n) is 5.60. The molecule has 8 nitrogen and oxygen atoms in total. The Balaban J connectivity index is 1.98. The summed E-state index contributed by atoms with van der Waals surface area (Å²) in [5.74, 6) is -1.60. The molecule has 30 heavy (non-hydrogen) atoms. The van der Waals surface area contributed by atoms with Gasteiger partial charge in [-0.15, -0.1) is 0 Å². The molecule has 0 unspecified atom stereocenters. The van der Waals surface area contributed by atoms with Crippen molar-refractivity contribution >= 4 is 27.0 Å². The van der Waals surface area contributed by atoms with Gasteiger partial charge < -0.3 is 18.8 Å². The highest BCUT2D eigenvalue weighted by Gasteiger charge is 2.32. The molecule has 1 aromatic heterocycles. The van der Waals surface area contributed by atoms with Crippen molar-refractivity contribution in [1.29, 1.82) is 0 Å². The molecule has 1 aliphatic heterocycles. The van der Waals surface area contributed by atoms with E-state index in [2.05, 4.69) is 9.50 Å². The lowest BCUT2D eigenvalue weighted by molar-refractivity contribution is 0.0746. The Hall–Kier alpha value is -2.46. The lowest BCUT2D eigenvalue weighted by atomic mass is 9.88. The molecule has 1 aromatic carbocycles. The molecule has 1 N–H and O–H groups in total. The Morgan fingerprint density at radius 1 is 1.23 bits per heavy atom. The van der Waals surface area contributed by atoms with Crippen LogP contribution < -0.4 is 15.5 Å². The van der Waals surface area contributed by atoms with Crippen LogP contribution in [0.1, 0.15) is 53.6 Å². The second kappa shape index (κ2) is 7.66. The van der Waals surface area contributed by atoms with E-state index in [1.807, 2.05) is 0 Å². The third kappa shape index (κ3) is 3.81. The zero-order valence-electron chi connectivity index (χ0n) is 16.7. The lowest BCUT2D eigenvalue weighted by Crippen LogP contribution is -2.28. The number of carbonyl (C=O) groups is 1. The van der Waals surface area contributed by atoms with E-state index in [-0.39, 0.29) is 17.3 Å². The van der Waals surface area contributed by atoms with Gasteiger partial charge in [-0.3, -0.25) is 4.79 Å². The van der Waals surface area contributed by atoms with Gasteiger partial charge in [-0.25, -0.2) is 9.18 Å². The predicted molar refractivity (Wildman–Crippen MR) is 108 cm³/mol. The van der Waals surface area contributed by atoms with Crippen LogP contribution in [-0.4, -0.2) is 45.4 Å². The van der Waals surface area contributed by atoms with Crippen LogP contribution in [0, 0.1) is 5.82 Å². The van der Waals surface area contributed by atoms with Gasteiger partial charge in [-0.2, -0.15) is 8.42 Å². The van der Waals surface area contributed by atoms with Crippen LogP contribution in [0.5, 0.6) is 5.75 Å². The van der Waals surface area contributed by atoms with Crippen LogP contribution in [0.25, 0.3) is 10.9 Å². The van der Waals surface area contributed by atoms with Gasteiger partial charge in [-0.05, 0) is 50.8 Å². The van der Waals surface area contributed by atoms with E-state index >= 15 is 4.39 Å². The smallest absolute Gasteiger partial charge is 0.359 e. The predicted octanol–water partition coefficient (Wildman–Crippen LogP) is 2.07. The Bertz CT molecular complexity index is 1180. The Morgan fingerprint density at radius 2 is 1.90 bits per heavy atom. The average molecular weight is 438 g/mol. The van der Waals surface area contributed by atoms with Crippen LogP contribution >= 0.6 is 0 Å². The first-order valence-electron chi connectivity index (χ1n) is 9.81. The number of benzene rings is 1. The van der Waals surface area contributed by atoms with Gasteiger partial charge in [0.05, 0.1) is 24.3 Å². The summed E-state index contributed by atoms with van der Waals surface area (Å²) in [4.78, 5) is 25.3. The number of ether oxygens (including phenoxy) is 1. The van der Waals surface area contributed by atoms with Crippen molar-refractivity contribution in [1.82, 2.24) is 9.88 Å². The van der Waals surface area contributed by atoms with E-state index in [1.54, 1.807) is 4.57 Å². The zero-order chi connectivity index (χ0) is 21.6. The maximum Gasteiger partial charge on any atom is 0.359 e. The Kier molecular flexibility index (Phi) is 5.31. The number of hydrogen-bond donors (Lipinski definition) is 1. The highest BCUT2D eigenvalue weighted by molar-refractivity contribution is 7.86. The average Bonchev–Trinajstić information content (AvgIpc) is 3.52. The van der Waals surface area contributed by atoms with Gasteiger partial charge >= 0.3 is 16.1 Å². The molecule has 0 bridgehead atoms. The number of halogens is 1. The number of fused-ring (bicyclic) bond motifs is 1. The summed E-state index contributed by atoms with van der Waals surface area (Å²) in [5, 5.41) is 3.22. The summed E-state index contributed by atoms with van der Waals surface area (Å²) in [6.07, 6.45) is 5.15. The van der Waals surface area contributed by atoms with E-state index < -0.39 is 32.9 Å². The van der Waals surface area contributed by atoms with E-state index in [9.17, 15) is 18.0 Å². The van der Waals surface area contributed by atoms with Crippen molar-refractivity contribution in [2.75, 3.05) is 26.5 Å². The number of pyridine rings is 1. The van der Waals surface area contributed by atoms with Crippen LogP contribution in [-0.2, 0) is 14.3 Å². The third-order valence-corrected chi connectivity index (χ3v) is 6.05. The van der Waals surface area contributed by atoms with E-state index in [1.165, 1.54) is 13.3 Å². The van der Waals surface area contributed by atoms with Gasteiger partial charge in [0.1, 0.15) is 17.1 Å². The summed E-state index contributed by atoms with van der Waals surface area (Å²) in [7, 11) is -2.67. The Morgan fingerprint density at radius 3 is 2.47 bits per heavy atom. The minimum absolute atomic E-state index is 0.0121. The minimum Gasteiger partial charge on any atom is -0.494 e. The van der Waals surface area contributed by atoms with Crippen LogP contribution in [0.4, 0.5) is 4.39 Å². The van der Waals surface area contributed by atoms with Crippen molar-refractivity contribution in [3.63, 3.8) is 0 Å². The molecule has 0 spiro atoms. The van der Waals surface area contributed by atoms with Crippen molar-refractivity contribution < 1.29 is 26.5 Å². The molecule has 2 aliphatic rings. The van der Waals surface area contributed by atoms with Gasteiger partial charge in [0.25, 0.3) is 0 Å². The number of aromatic nitrogens is 1. The van der Waals surface area contributed by atoms with Gasteiger partial charge in [0.2, 0.25) is 5.43 Å². The number of rotatable bonds is 5. The molecule has 162 valence electrons. The number of carbonyl (C=O) groups excluding carboxylic acids is 1. The second-order valence-corrected chi connectivity index (χ2v) is 9.39. The quantitative estimate of drug-likeness (QED) is 0.713. The largest absolute Gasteiger partial charge is 0.494 e. The number of nitrogens with zero attached hydrogens (tertiary/aromatic N) is 1. The number of methoxy groups -OCH3 is 1. The molecule has 0 amide bonds. The molecule has 0 radical (unpaired) electrons. The molecular formula is C20H23FN2O6S. The fourth-order valence-electron chi connectivity index (χ4n) is 4.13. The fraction of sp³-hybridized carbons (Fsp3) is 0.500. The highest BCUT2D eigenvalue weighted by atomic mass is 32.2. The number of piperidine rings is 1. The Labute approximate surface area is 173 Å².